The molecule has 0 saturated heterocycles. The highest BCUT2D eigenvalue weighted by molar-refractivity contribution is 6.36. The molecule has 1 unspecified atom stereocenters. The molecule has 0 radical (unpaired) electrons. The third kappa shape index (κ3) is 25.6. The van der Waals surface area contributed by atoms with Crippen LogP contribution in [0.15, 0.2) is 0 Å². The van der Waals surface area contributed by atoms with Crippen molar-refractivity contribution in [3.8, 4) is 0 Å². The van der Waals surface area contributed by atoms with E-state index in [1.165, 1.54) is 20.8 Å². The molecule has 0 aromatic rings. The monoisotopic (exact) mass is 333 g/mol. The fourth-order valence-electron chi connectivity index (χ4n) is 0.982. The van der Waals surface area contributed by atoms with Gasteiger partial charge < -0.3 is 9.90 Å². The predicted molar refractivity (Wildman–Crippen MR) is 90.3 cm³/mol. The van der Waals surface area contributed by atoms with Crippen LogP contribution in [0.25, 0.3) is 0 Å². The Hall–Kier alpha value is -1.69. The van der Waals surface area contributed by atoms with E-state index in [1.54, 1.807) is 13.8 Å². The summed E-state index contributed by atoms with van der Waals surface area (Å²) < 4.78 is 6.21. The van der Waals surface area contributed by atoms with Crippen LogP contribution in [0.1, 0.15) is 76.0 Å². The molecule has 1 atom stereocenters. The average Bonchev–Trinajstić information content (AvgIpc) is 2.43. The van der Waals surface area contributed by atoms with Crippen molar-refractivity contribution in [1.82, 2.24) is 0 Å². The molecule has 0 aromatic heterocycles. The molecule has 0 fully saturated rings. The van der Waals surface area contributed by atoms with Crippen LogP contribution in [0.2, 0.25) is 0 Å². The third-order valence-electron chi connectivity index (χ3n) is 2.28. The van der Waals surface area contributed by atoms with Gasteiger partial charge in [0.2, 0.25) is 0 Å². The van der Waals surface area contributed by atoms with Crippen molar-refractivity contribution in [3.05, 3.63) is 0 Å². The first kappa shape index (κ1) is 26.2. The summed E-state index contributed by atoms with van der Waals surface area (Å²) in [5, 5.41) is 8.72. The highest BCUT2D eigenvalue weighted by Gasteiger charge is 2.08. The van der Waals surface area contributed by atoms with Crippen molar-refractivity contribution >= 4 is 28.9 Å². The van der Waals surface area contributed by atoms with Gasteiger partial charge in [-0.1, -0.05) is 21.3 Å². The first-order valence-electron chi connectivity index (χ1n) is 7.74. The van der Waals surface area contributed by atoms with Gasteiger partial charge in [0.1, 0.15) is 5.78 Å². The number of hydrogen-bond acceptors (Lipinski definition) is 6. The molecule has 0 heterocycles. The van der Waals surface area contributed by atoms with Crippen molar-refractivity contribution in [3.63, 3.8) is 0 Å². The zero-order valence-corrected chi connectivity index (χ0v) is 14.1. The minimum absolute atomic E-state index is 0. The van der Waals surface area contributed by atoms with E-state index in [0.29, 0.717) is 13.3 Å². The topological polar surface area (TPSA) is 106 Å². The third-order valence-corrected chi connectivity index (χ3v) is 2.28. The minimum atomic E-state index is -0.497. The van der Waals surface area contributed by atoms with Crippen molar-refractivity contribution < 1.29 is 30.4 Å². The molecule has 136 valence electrons. The fourth-order valence-corrected chi connectivity index (χ4v) is 0.982. The van der Waals surface area contributed by atoms with Gasteiger partial charge in [0.05, 0.1) is 6.10 Å². The number of ketones is 5. The van der Waals surface area contributed by atoms with Crippen LogP contribution in [0.5, 0.6) is 0 Å². The normalized spacial score (nSPS) is 10.3. The first-order chi connectivity index (χ1) is 10.5. The maximum Gasteiger partial charge on any atom is 0.198 e. The van der Waals surface area contributed by atoms with Crippen molar-refractivity contribution in [2.45, 2.75) is 80.7 Å². The zero-order chi connectivity index (χ0) is 19.0. The standard InChI is InChI=1S/C7H12O3.C7H10O3.C2H6.CH4/c2*1-5(8)3-4-7(10)6(2)9;1-2;/h5,8H,3-4H2,1-2H3;3-4H2,1-2H3;1-2H3;1H4/i;;1D;. The number of hydrogen-bond donors (Lipinski definition) is 1. The minimum Gasteiger partial charge on any atom is -0.393 e. The number of rotatable bonds is 8. The molecule has 1 N–H and O–H groups in total. The van der Waals surface area contributed by atoms with Crippen molar-refractivity contribution in [2.75, 3.05) is 0 Å². The summed E-state index contributed by atoms with van der Waals surface area (Å²) in [6.07, 6.45) is 0.275. The lowest BCUT2D eigenvalue weighted by Gasteiger charge is -1.99. The van der Waals surface area contributed by atoms with Gasteiger partial charge in [-0.25, -0.2) is 0 Å². The van der Waals surface area contributed by atoms with Crippen LogP contribution in [-0.2, 0) is 24.0 Å². The summed E-state index contributed by atoms with van der Waals surface area (Å²) >= 11 is 0. The van der Waals surface area contributed by atoms with Crippen LogP contribution in [0, 0.1) is 0 Å². The Bertz CT molecular complexity index is 402. The summed E-state index contributed by atoms with van der Waals surface area (Å²) in [5.41, 5.74) is 0. The number of aliphatic hydroxyl groups is 1. The van der Waals surface area contributed by atoms with E-state index in [-0.39, 0.29) is 32.5 Å². The van der Waals surface area contributed by atoms with Crippen LogP contribution < -0.4 is 0 Å². The Morgan fingerprint density at radius 2 is 1.26 bits per heavy atom. The van der Waals surface area contributed by atoms with E-state index in [2.05, 4.69) is 0 Å². The van der Waals surface area contributed by atoms with Gasteiger partial charge in [-0.2, -0.15) is 0 Å². The molecule has 0 rings (SSSR count). The lowest BCUT2D eigenvalue weighted by molar-refractivity contribution is -0.135. The lowest BCUT2D eigenvalue weighted by atomic mass is 10.1. The average molecular weight is 333 g/mol. The molecule has 23 heavy (non-hydrogen) atoms. The van der Waals surface area contributed by atoms with E-state index in [9.17, 15) is 24.0 Å². The number of carbonyl (C=O) groups is 5. The molecule has 0 aliphatic heterocycles. The molecule has 0 amide bonds. The van der Waals surface area contributed by atoms with Gasteiger partial charge in [0.25, 0.3) is 0 Å². The van der Waals surface area contributed by atoms with Gasteiger partial charge in [-0.15, -0.1) is 0 Å². The van der Waals surface area contributed by atoms with Crippen LogP contribution >= 0.6 is 0 Å². The highest BCUT2D eigenvalue weighted by atomic mass is 16.3. The largest absolute Gasteiger partial charge is 0.393 e. The zero-order valence-electron chi connectivity index (χ0n) is 15.1. The number of Topliss-reactive ketones (excluding diaryl/α,β-unsaturated/α-hetero) is 5. The Morgan fingerprint density at radius 3 is 1.52 bits per heavy atom. The quantitative estimate of drug-likeness (QED) is 0.684. The lowest BCUT2D eigenvalue weighted by Crippen LogP contribution is -2.12. The van der Waals surface area contributed by atoms with Gasteiger partial charge >= 0.3 is 0 Å². The molecular weight excluding hydrogens is 300 g/mol. The molecule has 0 aromatic carbocycles. The molecular formula is C17H32O6. The smallest absolute Gasteiger partial charge is 0.198 e. The molecule has 0 spiro atoms. The summed E-state index contributed by atoms with van der Waals surface area (Å²) in [4.78, 5) is 52.1. The Kier molecular flexibility index (Phi) is 20.9. The second-order valence-electron chi connectivity index (χ2n) is 4.55. The van der Waals surface area contributed by atoms with Gasteiger partial charge in [-0.05, 0) is 20.3 Å². The number of carbonyl (C=O) groups excluding carboxylic acids is 5. The maximum atomic E-state index is 10.6. The Labute approximate surface area is 141 Å². The summed E-state index contributed by atoms with van der Waals surface area (Å²) in [6, 6.07) is 0. The maximum absolute atomic E-state index is 10.6. The Balaban J connectivity index is -0.000000138. The fraction of sp³-hybridized carbons (Fsp3) is 0.706. The summed E-state index contributed by atoms with van der Waals surface area (Å²) in [6.45, 7) is 7.73. The van der Waals surface area contributed by atoms with Gasteiger partial charge in [0.15, 0.2) is 23.1 Å². The molecule has 0 bridgehead atoms. The van der Waals surface area contributed by atoms with E-state index < -0.39 is 29.2 Å². The molecule has 6 nitrogen and oxygen atoms in total. The highest BCUT2D eigenvalue weighted by Crippen LogP contribution is 1.96. The second-order valence-corrected chi connectivity index (χ2v) is 4.55. The van der Waals surface area contributed by atoms with E-state index in [0.717, 1.165) is 0 Å². The SMILES string of the molecule is C.CC(=O)C(=O)CCC(C)O.CC(=O)CCC(=O)C(C)=O.[2H]CC. The van der Waals surface area contributed by atoms with E-state index in [1.807, 2.05) is 0 Å². The molecule has 6 heteroatoms. The van der Waals surface area contributed by atoms with E-state index >= 15 is 0 Å². The van der Waals surface area contributed by atoms with Crippen molar-refractivity contribution in [1.29, 1.82) is 0 Å². The van der Waals surface area contributed by atoms with E-state index in [4.69, 9.17) is 6.48 Å². The van der Waals surface area contributed by atoms with Crippen LogP contribution in [-0.4, -0.2) is 40.1 Å². The number of aliphatic hydroxyl groups excluding tert-OH is 1. The van der Waals surface area contributed by atoms with Crippen LogP contribution in [0.4, 0.5) is 0 Å². The van der Waals surface area contributed by atoms with Crippen molar-refractivity contribution in [2.24, 2.45) is 0 Å². The van der Waals surface area contributed by atoms with Gasteiger partial charge in [0, 0.05) is 34.5 Å². The second kappa shape index (κ2) is 18.4. The first-order valence-corrected chi connectivity index (χ1v) is 7.03. The molecule has 0 aliphatic carbocycles. The summed E-state index contributed by atoms with van der Waals surface area (Å²) in [7, 11) is 0. The molecule has 0 saturated carbocycles. The molecule has 0 aliphatic rings. The Morgan fingerprint density at radius 1 is 0.913 bits per heavy atom. The van der Waals surface area contributed by atoms with Gasteiger partial charge in [-0.3, -0.25) is 19.2 Å². The predicted octanol–water partition coefficient (Wildman–Crippen LogP) is 2.48. The summed E-state index contributed by atoms with van der Waals surface area (Å²) in [5.74, 6) is -1.83. The van der Waals surface area contributed by atoms with Crippen LogP contribution in [0.3, 0.4) is 0 Å².